The van der Waals surface area contributed by atoms with Crippen LogP contribution in [0.3, 0.4) is 0 Å². The fourth-order valence-electron chi connectivity index (χ4n) is 2.24. The Morgan fingerprint density at radius 3 is 2.80 bits per heavy atom. The number of rotatable bonds is 2. The SMILES string of the molecule is OC(c1ccc(Cl)c(Br)c1)c1cccc2ccncc12. The van der Waals surface area contributed by atoms with Crippen molar-refractivity contribution in [1.29, 1.82) is 0 Å². The van der Waals surface area contributed by atoms with Gasteiger partial charge in [-0.2, -0.15) is 0 Å². The van der Waals surface area contributed by atoms with Gasteiger partial charge in [0.05, 0.1) is 5.02 Å². The van der Waals surface area contributed by atoms with Crippen LogP contribution >= 0.6 is 27.5 Å². The minimum atomic E-state index is -0.712. The number of fused-ring (bicyclic) bond motifs is 1. The van der Waals surface area contributed by atoms with Gasteiger partial charge in [-0.3, -0.25) is 4.98 Å². The van der Waals surface area contributed by atoms with Crippen molar-refractivity contribution in [1.82, 2.24) is 4.98 Å². The first-order valence-electron chi connectivity index (χ1n) is 6.12. The number of halogens is 2. The maximum absolute atomic E-state index is 10.6. The summed E-state index contributed by atoms with van der Waals surface area (Å²) < 4.78 is 0.772. The average Bonchev–Trinajstić information content (AvgIpc) is 2.49. The Hall–Kier alpha value is -1.42. The molecule has 1 atom stereocenters. The van der Waals surface area contributed by atoms with E-state index in [4.69, 9.17) is 11.6 Å². The monoisotopic (exact) mass is 347 g/mol. The van der Waals surface area contributed by atoms with Crippen molar-refractivity contribution in [2.75, 3.05) is 0 Å². The van der Waals surface area contributed by atoms with E-state index in [1.807, 2.05) is 36.4 Å². The molecule has 1 N–H and O–H groups in total. The van der Waals surface area contributed by atoms with Crippen LogP contribution in [-0.4, -0.2) is 10.1 Å². The summed E-state index contributed by atoms with van der Waals surface area (Å²) >= 11 is 9.37. The second kappa shape index (κ2) is 5.52. The van der Waals surface area contributed by atoms with E-state index in [1.54, 1.807) is 18.5 Å². The quantitative estimate of drug-likeness (QED) is 0.726. The lowest BCUT2D eigenvalue weighted by molar-refractivity contribution is 0.222. The minimum Gasteiger partial charge on any atom is -0.384 e. The van der Waals surface area contributed by atoms with Crippen LogP contribution in [0.15, 0.2) is 59.3 Å². The van der Waals surface area contributed by atoms with Gasteiger partial charge in [0.25, 0.3) is 0 Å². The zero-order valence-corrected chi connectivity index (χ0v) is 12.8. The molecule has 3 aromatic rings. The summed E-state index contributed by atoms with van der Waals surface area (Å²) in [6.07, 6.45) is 2.81. The van der Waals surface area contributed by atoms with Gasteiger partial charge >= 0.3 is 0 Å². The highest BCUT2D eigenvalue weighted by atomic mass is 79.9. The van der Waals surface area contributed by atoms with Gasteiger partial charge in [-0.1, -0.05) is 35.9 Å². The molecule has 3 rings (SSSR count). The third-order valence-corrected chi connectivity index (χ3v) is 4.49. The van der Waals surface area contributed by atoms with Crippen LogP contribution in [0.2, 0.25) is 5.02 Å². The Kier molecular flexibility index (Phi) is 3.74. The molecule has 0 amide bonds. The Morgan fingerprint density at radius 1 is 1.15 bits per heavy atom. The van der Waals surface area contributed by atoms with Gasteiger partial charge in [0.15, 0.2) is 0 Å². The zero-order chi connectivity index (χ0) is 14.1. The van der Waals surface area contributed by atoms with Crippen LogP contribution in [0.5, 0.6) is 0 Å². The molecule has 0 aliphatic rings. The first kappa shape index (κ1) is 13.6. The summed E-state index contributed by atoms with van der Waals surface area (Å²) in [6.45, 7) is 0. The molecular formula is C16H11BrClNO. The standard InChI is InChI=1S/C16H11BrClNO/c17-14-8-11(4-5-15(14)18)16(20)12-3-1-2-10-6-7-19-9-13(10)12/h1-9,16,20H. The van der Waals surface area contributed by atoms with Crippen molar-refractivity contribution in [3.63, 3.8) is 0 Å². The summed E-state index contributed by atoms with van der Waals surface area (Å²) in [6, 6.07) is 13.2. The fraction of sp³-hybridized carbons (Fsp3) is 0.0625. The molecule has 0 saturated heterocycles. The number of benzene rings is 2. The minimum absolute atomic E-state index is 0.625. The number of aliphatic hydroxyl groups excluding tert-OH is 1. The average molecular weight is 349 g/mol. The van der Waals surface area contributed by atoms with Gasteiger partial charge in [-0.25, -0.2) is 0 Å². The molecule has 0 saturated carbocycles. The Bertz CT molecular complexity index is 770. The van der Waals surface area contributed by atoms with Crippen LogP contribution in [0.4, 0.5) is 0 Å². The molecule has 0 spiro atoms. The first-order chi connectivity index (χ1) is 9.66. The number of pyridine rings is 1. The Labute approximate surface area is 130 Å². The predicted molar refractivity (Wildman–Crippen MR) is 85.0 cm³/mol. The van der Waals surface area contributed by atoms with E-state index in [9.17, 15) is 5.11 Å². The molecule has 0 fully saturated rings. The summed E-state index contributed by atoms with van der Waals surface area (Å²) in [5.74, 6) is 0. The van der Waals surface area contributed by atoms with Gasteiger partial charge in [0.1, 0.15) is 6.10 Å². The predicted octanol–water partition coefficient (Wildman–Crippen LogP) is 4.73. The smallest absolute Gasteiger partial charge is 0.105 e. The molecule has 1 aromatic heterocycles. The van der Waals surface area contributed by atoms with Crippen molar-refractivity contribution < 1.29 is 5.11 Å². The summed E-state index contributed by atoms with van der Waals surface area (Å²) in [5.41, 5.74) is 1.63. The summed E-state index contributed by atoms with van der Waals surface area (Å²) in [7, 11) is 0. The lowest BCUT2D eigenvalue weighted by Gasteiger charge is -2.14. The number of aliphatic hydroxyl groups is 1. The number of nitrogens with zero attached hydrogens (tertiary/aromatic N) is 1. The first-order valence-corrected chi connectivity index (χ1v) is 7.29. The van der Waals surface area contributed by atoms with E-state index in [0.29, 0.717) is 5.02 Å². The van der Waals surface area contributed by atoms with Crippen LogP contribution in [0, 0.1) is 0 Å². The van der Waals surface area contributed by atoms with E-state index in [-0.39, 0.29) is 0 Å². The molecule has 4 heteroatoms. The van der Waals surface area contributed by atoms with E-state index in [1.165, 1.54) is 0 Å². The van der Waals surface area contributed by atoms with Gasteiger partial charge in [-0.05, 0) is 50.6 Å². The van der Waals surface area contributed by atoms with Gasteiger partial charge in [-0.15, -0.1) is 0 Å². The van der Waals surface area contributed by atoms with E-state index < -0.39 is 6.10 Å². The fourth-order valence-corrected chi connectivity index (χ4v) is 2.75. The van der Waals surface area contributed by atoms with Crippen molar-refractivity contribution in [3.05, 3.63) is 75.5 Å². The molecule has 0 bridgehead atoms. The van der Waals surface area contributed by atoms with Crippen LogP contribution in [-0.2, 0) is 0 Å². The molecule has 20 heavy (non-hydrogen) atoms. The number of aromatic nitrogens is 1. The van der Waals surface area contributed by atoms with Crippen LogP contribution in [0.1, 0.15) is 17.2 Å². The van der Waals surface area contributed by atoms with E-state index >= 15 is 0 Å². The van der Waals surface area contributed by atoms with Crippen molar-refractivity contribution in [2.24, 2.45) is 0 Å². The normalized spacial score (nSPS) is 12.6. The lowest BCUT2D eigenvalue weighted by atomic mass is 9.97. The molecule has 0 aliphatic carbocycles. The lowest BCUT2D eigenvalue weighted by Crippen LogP contribution is -2.00. The van der Waals surface area contributed by atoms with Crippen molar-refractivity contribution in [2.45, 2.75) is 6.10 Å². The molecule has 1 unspecified atom stereocenters. The summed E-state index contributed by atoms with van der Waals surface area (Å²) in [5, 5.41) is 13.3. The summed E-state index contributed by atoms with van der Waals surface area (Å²) in [4.78, 5) is 4.14. The second-order valence-electron chi connectivity index (χ2n) is 4.52. The second-order valence-corrected chi connectivity index (χ2v) is 5.78. The van der Waals surface area contributed by atoms with Gasteiger partial charge < -0.3 is 5.11 Å². The highest BCUT2D eigenvalue weighted by Gasteiger charge is 2.14. The molecule has 100 valence electrons. The molecule has 0 aliphatic heterocycles. The molecule has 2 nitrogen and oxygen atoms in total. The highest BCUT2D eigenvalue weighted by molar-refractivity contribution is 9.10. The third-order valence-electron chi connectivity index (χ3n) is 3.27. The van der Waals surface area contributed by atoms with Gasteiger partial charge in [0, 0.05) is 22.3 Å². The van der Waals surface area contributed by atoms with Crippen molar-refractivity contribution in [3.8, 4) is 0 Å². The van der Waals surface area contributed by atoms with E-state index in [0.717, 1.165) is 26.4 Å². The maximum Gasteiger partial charge on any atom is 0.105 e. The third kappa shape index (κ3) is 2.44. The van der Waals surface area contributed by atoms with Crippen LogP contribution in [0.25, 0.3) is 10.8 Å². The largest absolute Gasteiger partial charge is 0.384 e. The zero-order valence-electron chi connectivity index (χ0n) is 10.4. The number of hydrogen-bond donors (Lipinski definition) is 1. The van der Waals surface area contributed by atoms with Gasteiger partial charge in [0.2, 0.25) is 0 Å². The molecular weight excluding hydrogens is 338 g/mol. The Balaban J connectivity index is 2.12. The Morgan fingerprint density at radius 2 is 2.00 bits per heavy atom. The van der Waals surface area contributed by atoms with Crippen LogP contribution < -0.4 is 0 Å². The molecule has 2 aromatic carbocycles. The molecule has 1 heterocycles. The highest BCUT2D eigenvalue weighted by Crippen LogP contribution is 2.32. The topological polar surface area (TPSA) is 33.1 Å². The number of hydrogen-bond acceptors (Lipinski definition) is 2. The molecule has 0 radical (unpaired) electrons. The van der Waals surface area contributed by atoms with Crippen molar-refractivity contribution >= 4 is 38.3 Å². The maximum atomic E-state index is 10.6. The van der Waals surface area contributed by atoms with E-state index in [2.05, 4.69) is 20.9 Å².